The smallest absolute Gasteiger partial charge is 0.309 e. The van der Waals surface area contributed by atoms with Gasteiger partial charge < -0.3 is 10.1 Å². The molecule has 1 aromatic heterocycles. The number of nitrogens with one attached hydrogen (secondary N) is 1. The highest BCUT2D eigenvalue weighted by atomic mass is 19.1. The van der Waals surface area contributed by atoms with Crippen molar-refractivity contribution >= 4 is 17.6 Å². The third-order valence-electron chi connectivity index (χ3n) is 5.24. The SMILES string of the molecule is CC(=O)Oc1c(-c2ccc(NC(=O)C(C)C)cc2)c(-c2ccc(F)cc2)nn1-c1ccc(F)cc1. The summed E-state index contributed by atoms with van der Waals surface area (Å²) in [6, 6.07) is 18.3. The quantitative estimate of drug-likeness (QED) is 0.347. The average Bonchev–Trinajstić information content (AvgIpc) is 3.19. The Morgan fingerprint density at radius 3 is 1.94 bits per heavy atom. The van der Waals surface area contributed by atoms with Crippen molar-refractivity contribution in [2.24, 2.45) is 5.92 Å². The van der Waals surface area contributed by atoms with Crippen molar-refractivity contribution in [2.75, 3.05) is 5.32 Å². The number of halogens is 2. The largest absolute Gasteiger partial charge is 0.407 e. The molecule has 3 aromatic carbocycles. The van der Waals surface area contributed by atoms with Crippen molar-refractivity contribution in [1.82, 2.24) is 9.78 Å². The zero-order valence-corrected chi connectivity index (χ0v) is 19.4. The first-order valence-electron chi connectivity index (χ1n) is 11.0. The van der Waals surface area contributed by atoms with Gasteiger partial charge in [0.15, 0.2) is 0 Å². The highest BCUT2D eigenvalue weighted by Crippen LogP contribution is 2.41. The first kappa shape index (κ1) is 23.8. The van der Waals surface area contributed by atoms with E-state index in [0.717, 1.165) is 0 Å². The lowest BCUT2D eigenvalue weighted by Gasteiger charge is -2.11. The Morgan fingerprint density at radius 1 is 0.857 bits per heavy atom. The molecule has 1 N–H and O–H groups in total. The molecule has 0 saturated heterocycles. The first-order valence-corrected chi connectivity index (χ1v) is 11.0. The fraction of sp³-hybridized carbons (Fsp3) is 0.148. The average molecular weight is 475 g/mol. The second-order valence-corrected chi connectivity index (χ2v) is 8.24. The van der Waals surface area contributed by atoms with Gasteiger partial charge in [-0.15, -0.1) is 0 Å². The number of ether oxygens (including phenoxy) is 1. The number of hydrogen-bond acceptors (Lipinski definition) is 4. The van der Waals surface area contributed by atoms with Gasteiger partial charge in [-0.05, 0) is 66.2 Å². The number of esters is 1. The van der Waals surface area contributed by atoms with E-state index < -0.39 is 17.6 Å². The Morgan fingerprint density at radius 2 is 1.40 bits per heavy atom. The number of benzene rings is 3. The molecule has 6 nitrogen and oxygen atoms in total. The van der Waals surface area contributed by atoms with Crippen molar-refractivity contribution in [3.05, 3.63) is 84.4 Å². The van der Waals surface area contributed by atoms with Crippen LogP contribution in [0.3, 0.4) is 0 Å². The molecule has 0 atom stereocenters. The molecular formula is C27H23F2N3O3. The molecule has 0 bridgehead atoms. The van der Waals surface area contributed by atoms with Crippen molar-refractivity contribution in [2.45, 2.75) is 20.8 Å². The number of anilines is 1. The van der Waals surface area contributed by atoms with E-state index in [1.807, 2.05) is 0 Å². The third-order valence-corrected chi connectivity index (χ3v) is 5.24. The lowest BCUT2D eigenvalue weighted by atomic mass is 10.0. The maximum absolute atomic E-state index is 13.6. The van der Waals surface area contributed by atoms with Crippen molar-refractivity contribution in [3.63, 3.8) is 0 Å². The van der Waals surface area contributed by atoms with E-state index in [-0.39, 0.29) is 17.7 Å². The van der Waals surface area contributed by atoms with Crippen molar-refractivity contribution < 1.29 is 23.1 Å². The summed E-state index contributed by atoms with van der Waals surface area (Å²) in [4.78, 5) is 24.1. The molecule has 0 radical (unpaired) electrons. The van der Waals surface area contributed by atoms with Crippen LogP contribution in [0.2, 0.25) is 0 Å². The van der Waals surface area contributed by atoms with Crippen LogP contribution in [-0.2, 0) is 9.59 Å². The molecule has 1 amide bonds. The molecule has 4 aromatic rings. The van der Waals surface area contributed by atoms with Crippen LogP contribution in [0.15, 0.2) is 72.8 Å². The van der Waals surface area contributed by atoms with Crippen LogP contribution in [0.25, 0.3) is 28.1 Å². The van der Waals surface area contributed by atoms with Gasteiger partial charge in [0, 0.05) is 24.1 Å². The Balaban J connectivity index is 1.90. The summed E-state index contributed by atoms with van der Waals surface area (Å²) < 4.78 is 34.2. The Labute approximate surface area is 201 Å². The minimum absolute atomic E-state index is 0.116. The normalized spacial score (nSPS) is 10.9. The lowest BCUT2D eigenvalue weighted by molar-refractivity contribution is -0.132. The molecule has 0 spiro atoms. The molecule has 1 heterocycles. The maximum Gasteiger partial charge on any atom is 0.309 e. The van der Waals surface area contributed by atoms with Gasteiger partial charge in [0.05, 0.1) is 11.3 Å². The van der Waals surface area contributed by atoms with Gasteiger partial charge in [0.1, 0.15) is 17.3 Å². The van der Waals surface area contributed by atoms with E-state index in [4.69, 9.17) is 4.74 Å². The van der Waals surface area contributed by atoms with Gasteiger partial charge in [-0.25, -0.2) is 8.78 Å². The lowest BCUT2D eigenvalue weighted by Crippen LogP contribution is -2.17. The molecule has 0 aliphatic heterocycles. The van der Waals surface area contributed by atoms with Crippen LogP contribution in [-0.4, -0.2) is 21.7 Å². The van der Waals surface area contributed by atoms with Gasteiger partial charge in [-0.2, -0.15) is 9.78 Å². The Kier molecular flexibility index (Phi) is 6.73. The van der Waals surface area contributed by atoms with Crippen molar-refractivity contribution in [3.8, 4) is 34.0 Å². The minimum Gasteiger partial charge on any atom is -0.407 e. The summed E-state index contributed by atoms with van der Waals surface area (Å²) in [5, 5.41) is 7.49. The van der Waals surface area contributed by atoms with Crippen LogP contribution < -0.4 is 10.1 Å². The fourth-order valence-corrected chi connectivity index (χ4v) is 3.47. The molecule has 0 saturated carbocycles. The van der Waals surface area contributed by atoms with Gasteiger partial charge in [0.2, 0.25) is 11.8 Å². The molecule has 0 fully saturated rings. The summed E-state index contributed by atoms with van der Waals surface area (Å²) in [5.41, 5.74) is 3.24. The fourth-order valence-electron chi connectivity index (χ4n) is 3.47. The molecule has 0 unspecified atom stereocenters. The van der Waals surface area contributed by atoms with Crippen LogP contribution in [0.5, 0.6) is 5.88 Å². The number of carbonyl (C=O) groups excluding carboxylic acids is 2. The van der Waals surface area contributed by atoms with Crippen molar-refractivity contribution in [1.29, 1.82) is 0 Å². The predicted octanol–water partition coefficient (Wildman–Crippen LogP) is 6.00. The summed E-state index contributed by atoms with van der Waals surface area (Å²) in [5.74, 6) is -1.56. The number of rotatable bonds is 6. The van der Waals surface area contributed by atoms with Crippen LogP contribution in [0, 0.1) is 17.6 Å². The zero-order valence-electron chi connectivity index (χ0n) is 19.4. The van der Waals surface area contributed by atoms with E-state index in [1.54, 1.807) is 50.2 Å². The predicted molar refractivity (Wildman–Crippen MR) is 129 cm³/mol. The number of nitrogens with zero attached hydrogens (tertiary/aromatic N) is 2. The summed E-state index contributed by atoms with van der Waals surface area (Å²) >= 11 is 0. The number of amides is 1. The molecule has 8 heteroatoms. The highest BCUT2D eigenvalue weighted by Gasteiger charge is 2.24. The van der Waals surface area contributed by atoms with E-state index >= 15 is 0 Å². The number of hydrogen-bond donors (Lipinski definition) is 1. The monoisotopic (exact) mass is 475 g/mol. The van der Waals surface area contributed by atoms with E-state index in [2.05, 4.69) is 10.4 Å². The second kappa shape index (κ2) is 9.89. The van der Waals surface area contributed by atoms with Gasteiger partial charge >= 0.3 is 5.97 Å². The highest BCUT2D eigenvalue weighted by molar-refractivity contribution is 5.93. The second-order valence-electron chi connectivity index (χ2n) is 8.24. The van der Waals surface area contributed by atoms with Gasteiger partial charge in [0.25, 0.3) is 0 Å². The van der Waals surface area contributed by atoms with Crippen LogP contribution in [0.1, 0.15) is 20.8 Å². The molecular weight excluding hydrogens is 452 g/mol. The van der Waals surface area contributed by atoms with E-state index in [9.17, 15) is 18.4 Å². The molecule has 178 valence electrons. The van der Waals surface area contributed by atoms with Crippen LogP contribution in [0.4, 0.5) is 14.5 Å². The summed E-state index contributed by atoms with van der Waals surface area (Å²) in [7, 11) is 0. The molecule has 0 aliphatic rings. The molecule has 4 rings (SSSR count). The number of carbonyl (C=O) groups is 2. The maximum atomic E-state index is 13.6. The van der Waals surface area contributed by atoms with Crippen LogP contribution >= 0.6 is 0 Å². The Bertz CT molecular complexity index is 1360. The molecule has 35 heavy (non-hydrogen) atoms. The number of aromatic nitrogens is 2. The first-order chi connectivity index (χ1) is 16.7. The molecule has 0 aliphatic carbocycles. The zero-order chi connectivity index (χ0) is 25.1. The van der Waals surface area contributed by atoms with Gasteiger partial charge in [-0.3, -0.25) is 9.59 Å². The van der Waals surface area contributed by atoms with Gasteiger partial charge in [-0.1, -0.05) is 26.0 Å². The summed E-state index contributed by atoms with van der Waals surface area (Å²) in [6.07, 6.45) is 0. The Hall–Kier alpha value is -4.33. The third kappa shape index (κ3) is 5.27. The topological polar surface area (TPSA) is 73.2 Å². The van der Waals surface area contributed by atoms with E-state index in [1.165, 1.54) is 48.0 Å². The van der Waals surface area contributed by atoms with E-state index in [0.29, 0.717) is 33.8 Å². The summed E-state index contributed by atoms with van der Waals surface area (Å²) in [6.45, 7) is 4.87. The standard InChI is InChI=1S/C27H23F2N3O3/c1-16(2)26(34)30-22-12-6-18(7-13-22)24-25(19-4-8-20(28)9-5-19)31-32(27(24)35-17(3)33)23-14-10-21(29)11-15-23/h4-16H,1-3H3,(H,30,34). The minimum atomic E-state index is -0.569.